The van der Waals surface area contributed by atoms with Crippen LogP contribution in [-0.4, -0.2) is 27.8 Å². The van der Waals surface area contributed by atoms with E-state index >= 15 is 0 Å². The molecule has 5 nitrogen and oxygen atoms in total. The molecule has 0 radical (unpaired) electrons. The molecule has 1 fully saturated rings. The van der Waals surface area contributed by atoms with E-state index in [4.69, 9.17) is 21.1 Å². The van der Waals surface area contributed by atoms with Crippen molar-refractivity contribution in [3.63, 3.8) is 0 Å². The Balaban J connectivity index is 1.85. The Kier molecular flexibility index (Phi) is 5.18. The Labute approximate surface area is 167 Å². The third kappa shape index (κ3) is 3.93. The van der Waals surface area contributed by atoms with Gasteiger partial charge in [-0.2, -0.15) is 0 Å². The summed E-state index contributed by atoms with van der Waals surface area (Å²) < 4.78 is 11.5. The van der Waals surface area contributed by atoms with Gasteiger partial charge in [-0.1, -0.05) is 11.6 Å². The van der Waals surface area contributed by atoms with Crippen LogP contribution in [0.15, 0.2) is 24.3 Å². The van der Waals surface area contributed by atoms with Gasteiger partial charge in [-0.05, 0) is 58.9 Å². The summed E-state index contributed by atoms with van der Waals surface area (Å²) in [5.74, 6) is -0.755. The van der Waals surface area contributed by atoms with Gasteiger partial charge in [-0.3, -0.25) is 9.59 Å². The zero-order valence-electron chi connectivity index (χ0n) is 16.0. The summed E-state index contributed by atoms with van der Waals surface area (Å²) in [6, 6.07) is 7.05. The molecule has 1 aliphatic rings. The van der Waals surface area contributed by atoms with Crippen molar-refractivity contribution in [2.24, 2.45) is 0 Å². The van der Waals surface area contributed by atoms with Crippen molar-refractivity contribution in [2.75, 3.05) is 0 Å². The summed E-state index contributed by atoms with van der Waals surface area (Å²) in [5.41, 5.74) is -1.58. The van der Waals surface area contributed by atoms with Gasteiger partial charge in [0.25, 0.3) is 0 Å². The predicted molar refractivity (Wildman–Crippen MR) is 105 cm³/mol. The first kappa shape index (κ1) is 20.0. The molecule has 2 heterocycles. The third-order valence-electron chi connectivity index (χ3n) is 4.55. The number of halogens is 1. The standard InChI is InChI=1S/C20H22ClNO4S/c1-11-16(15-17(23)19(2,3)26-20(4,5)18(15)24)22-14(27-11)10-25-13-8-6-12(21)7-9-13/h6-9,15H,10H2,1-5H3. The highest BCUT2D eigenvalue weighted by Crippen LogP contribution is 2.40. The predicted octanol–water partition coefficient (Wildman–Crippen LogP) is 4.49. The Morgan fingerprint density at radius 1 is 1.11 bits per heavy atom. The smallest absolute Gasteiger partial charge is 0.180 e. The van der Waals surface area contributed by atoms with E-state index in [1.807, 2.05) is 6.92 Å². The van der Waals surface area contributed by atoms with Crippen molar-refractivity contribution >= 4 is 34.5 Å². The summed E-state index contributed by atoms with van der Waals surface area (Å²) in [4.78, 5) is 31.2. The lowest BCUT2D eigenvalue weighted by atomic mass is 9.76. The number of carbonyl (C=O) groups is 2. The minimum absolute atomic E-state index is 0.255. The number of benzene rings is 1. The highest BCUT2D eigenvalue weighted by molar-refractivity contribution is 7.11. The topological polar surface area (TPSA) is 65.5 Å². The molecule has 2 aromatic rings. The maximum absolute atomic E-state index is 12.9. The molecule has 0 atom stereocenters. The summed E-state index contributed by atoms with van der Waals surface area (Å²) >= 11 is 7.30. The molecule has 0 aliphatic carbocycles. The summed E-state index contributed by atoms with van der Waals surface area (Å²) in [6.45, 7) is 8.91. The van der Waals surface area contributed by atoms with Crippen LogP contribution in [0.1, 0.15) is 49.2 Å². The molecule has 0 N–H and O–H groups in total. The molecular weight excluding hydrogens is 386 g/mol. The molecule has 1 aromatic carbocycles. The minimum atomic E-state index is -1.04. The van der Waals surface area contributed by atoms with Gasteiger partial charge >= 0.3 is 0 Å². The summed E-state index contributed by atoms with van der Waals surface area (Å²) in [6.07, 6.45) is 0. The normalized spacial score (nSPS) is 19.3. The van der Waals surface area contributed by atoms with Crippen LogP contribution in [0.3, 0.4) is 0 Å². The summed E-state index contributed by atoms with van der Waals surface area (Å²) in [7, 11) is 0. The van der Waals surface area contributed by atoms with E-state index in [9.17, 15) is 9.59 Å². The van der Waals surface area contributed by atoms with Crippen molar-refractivity contribution in [2.45, 2.75) is 58.3 Å². The number of nitrogens with zero attached hydrogens (tertiary/aromatic N) is 1. The fourth-order valence-corrected chi connectivity index (χ4v) is 4.28. The Morgan fingerprint density at radius 3 is 2.22 bits per heavy atom. The zero-order chi connectivity index (χ0) is 20.0. The van der Waals surface area contributed by atoms with Crippen molar-refractivity contribution in [1.29, 1.82) is 0 Å². The lowest BCUT2D eigenvalue weighted by molar-refractivity contribution is -0.184. The number of thiazole rings is 1. The first-order valence-corrected chi connectivity index (χ1v) is 9.84. The molecule has 144 valence electrons. The Hall–Kier alpha value is -1.76. The number of hydrogen-bond acceptors (Lipinski definition) is 6. The first-order chi connectivity index (χ1) is 12.5. The van der Waals surface area contributed by atoms with E-state index in [0.29, 0.717) is 21.5 Å². The Morgan fingerprint density at radius 2 is 1.67 bits per heavy atom. The molecule has 0 spiro atoms. The second-order valence-corrected chi connectivity index (χ2v) is 9.30. The van der Waals surface area contributed by atoms with Crippen molar-refractivity contribution in [3.05, 3.63) is 44.9 Å². The molecular formula is C20H22ClNO4S. The number of ether oxygens (including phenoxy) is 2. The van der Waals surface area contributed by atoms with E-state index in [1.54, 1.807) is 52.0 Å². The quantitative estimate of drug-likeness (QED) is 0.698. The molecule has 0 saturated carbocycles. The van der Waals surface area contributed by atoms with E-state index in [-0.39, 0.29) is 18.2 Å². The maximum atomic E-state index is 12.9. The van der Waals surface area contributed by atoms with Gasteiger partial charge in [0.15, 0.2) is 11.6 Å². The molecule has 0 amide bonds. The lowest BCUT2D eigenvalue weighted by Crippen LogP contribution is -2.58. The van der Waals surface area contributed by atoms with Crippen LogP contribution in [0.25, 0.3) is 0 Å². The first-order valence-electron chi connectivity index (χ1n) is 8.64. The lowest BCUT2D eigenvalue weighted by Gasteiger charge is -2.42. The van der Waals surface area contributed by atoms with E-state index < -0.39 is 17.1 Å². The fraction of sp³-hybridized carbons (Fsp3) is 0.450. The number of rotatable bonds is 4. The van der Waals surface area contributed by atoms with Crippen molar-refractivity contribution in [3.8, 4) is 5.75 Å². The average molecular weight is 408 g/mol. The second kappa shape index (κ2) is 7.00. The van der Waals surface area contributed by atoms with Crippen LogP contribution < -0.4 is 4.74 Å². The SMILES string of the molecule is Cc1sc(COc2ccc(Cl)cc2)nc1C1C(=O)C(C)(C)OC(C)(C)C1=O. The van der Waals surface area contributed by atoms with Gasteiger partial charge in [0.2, 0.25) is 0 Å². The second-order valence-electron chi connectivity index (χ2n) is 7.58. The van der Waals surface area contributed by atoms with Crippen LogP contribution in [0.4, 0.5) is 0 Å². The third-order valence-corrected chi connectivity index (χ3v) is 5.76. The number of aromatic nitrogens is 1. The van der Waals surface area contributed by atoms with Crippen LogP contribution in [0.5, 0.6) is 5.75 Å². The molecule has 3 rings (SSSR count). The van der Waals surface area contributed by atoms with Gasteiger partial charge < -0.3 is 9.47 Å². The molecule has 7 heteroatoms. The van der Waals surface area contributed by atoms with E-state index in [2.05, 4.69) is 4.98 Å². The van der Waals surface area contributed by atoms with Crippen molar-refractivity contribution < 1.29 is 19.1 Å². The number of ketones is 2. The Bertz CT molecular complexity index is 860. The molecule has 1 saturated heterocycles. The van der Waals surface area contributed by atoms with Crippen LogP contribution in [0, 0.1) is 6.92 Å². The number of carbonyl (C=O) groups excluding carboxylic acids is 2. The van der Waals surface area contributed by atoms with E-state index in [0.717, 1.165) is 4.88 Å². The van der Waals surface area contributed by atoms with Crippen LogP contribution in [-0.2, 0) is 20.9 Å². The minimum Gasteiger partial charge on any atom is -0.486 e. The monoisotopic (exact) mass is 407 g/mol. The van der Waals surface area contributed by atoms with Crippen molar-refractivity contribution in [1.82, 2.24) is 4.98 Å². The average Bonchev–Trinajstić information content (AvgIpc) is 2.93. The molecule has 1 aliphatic heterocycles. The van der Waals surface area contributed by atoms with Gasteiger partial charge in [-0.15, -0.1) is 11.3 Å². The molecule has 1 aromatic heterocycles. The number of aryl methyl sites for hydroxylation is 1. The highest BCUT2D eigenvalue weighted by Gasteiger charge is 2.54. The van der Waals surface area contributed by atoms with Gasteiger partial charge in [-0.25, -0.2) is 4.98 Å². The highest BCUT2D eigenvalue weighted by atomic mass is 35.5. The number of hydrogen-bond donors (Lipinski definition) is 0. The maximum Gasteiger partial charge on any atom is 0.180 e. The fourth-order valence-electron chi connectivity index (χ4n) is 3.27. The van der Waals surface area contributed by atoms with Gasteiger partial charge in [0.05, 0.1) is 5.69 Å². The van der Waals surface area contributed by atoms with Crippen LogP contribution in [0.2, 0.25) is 5.02 Å². The van der Waals surface area contributed by atoms with Gasteiger partial charge in [0, 0.05) is 9.90 Å². The molecule has 0 unspecified atom stereocenters. The van der Waals surface area contributed by atoms with E-state index in [1.165, 1.54) is 11.3 Å². The van der Waals surface area contributed by atoms with Gasteiger partial charge in [0.1, 0.15) is 34.5 Å². The molecule has 0 bridgehead atoms. The zero-order valence-corrected chi connectivity index (χ0v) is 17.5. The van der Waals surface area contributed by atoms with Crippen LogP contribution >= 0.6 is 22.9 Å². The largest absolute Gasteiger partial charge is 0.486 e. The number of Topliss-reactive ketones (excluding diaryl/α,β-unsaturated/α-hetero) is 2. The summed E-state index contributed by atoms with van der Waals surface area (Å²) in [5, 5.41) is 1.34. The molecule has 27 heavy (non-hydrogen) atoms.